The zero-order valence-electron chi connectivity index (χ0n) is 9.99. The molecule has 3 heteroatoms. The van der Waals surface area contributed by atoms with E-state index in [1.54, 1.807) is 0 Å². The van der Waals surface area contributed by atoms with Gasteiger partial charge < -0.3 is 10.6 Å². The van der Waals surface area contributed by atoms with Gasteiger partial charge in [0.25, 0.3) is 0 Å². The van der Waals surface area contributed by atoms with Crippen molar-refractivity contribution in [1.29, 1.82) is 0 Å². The van der Waals surface area contributed by atoms with Gasteiger partial charge in [-0.25, -0.2) is 0 Å². The number of rotatable bonds is 3. The Morgan fingerprint density at radius 2 is 2.27 bits per heavy atom. The lowest BCUT2D eigenvalue weighted by molar-refractivity contribution is -0.131. The van der Waals surface area contributed by atoms with E-state index < -0.39 is 0 Å². The van der Waals surface area contributed by atoms with Crippen LogP contribution in [0.15, 0.2) is 11.6 Å². The molecule has 0 saturated carbocycles. The predicted molar refractivity (Wildman–Crippen MR) is 62.4 cm³/mol. The van der Waals surface area contributed by atoms with E-state index in [1.165, 1.54) is 5.57 Å². The fourth-order valence-electron chi connectivity index (χ4n) is 1.56. The molecule has 3 nitrogen and oxygen atoms in total. The molecule has 0 saturated heterocycles. The predicted octanol–water partition coefficient (Wildman–Crippen LogP) is 1.54. The van der Waals surface area contributed by atoms with Gasteiger partial charge in [0.1, 0.15) is 0 Å². The van der Waals surface area contributed by atoms with Crippen LogP contribution in [0.1, 0.15) is 33.6 Å². The number of hydrogen-bond donors (Lipinski definition) is 1. The fraction of sp³-hybridized carbons (Fsp3) is 0.750. The van der Waals surface area contributed by atoms with Crippen molar-refractivity contribution in [2.75, 3.05) is 13.1 Å². The van der Waals surface area contributed by atoms with Crippen molar-refractivity contribution >= 4 is 5.91 Å². The van der Waals surface area contributed by atoms with E-state index in [4.69, 9.17) is 5.73 Å². The Kier molecular flexibility index (Phi) is 4.33. The lowest BCUT2D eigenvalue weighted by Gasteiger charge is -2.27. The minimum atomic E-state index is -0.00972. The molecule has 1 amide bonds. The highest BCUT2D eigenvalue weighted by atomic mass is 16.2. The van der Waals surface area contributed by atoms with Crippen LogP contribution in [0.25, 0.3) is 0 Å². The van der Waals surface area contributed by atoms with E-state index in [-0.39, 0.29) is 11.9 Å². The summed E-state index contributed by atoms with van der Waals surface area (Å²) in [5.74, 6) is 0.566. The van der Waals surface area contributed by atoms with Crippen molar-refractivity contribution in [3.8, 4) is 0 Å². The minimum absolute atomic E-state index is 0.00972. The SMILES string of the molecule is CC1=CCN(C(=O)CC(N)C(C)C)CC1. The van der Waals surface area contributed by atoms with Crippen LogP contribution in [-0.4, -0.2) is 29.9 Å². The average molecular weight is 210 g/mol. The summed E-state index contributed by atoms with van der Waals surface area (Å²) < 4.78 is 0. The molecule has 15 heavy (non-hydrogen) atoms. The normalized spacial score (nSPS) is 19.0. The minimum Gasteiger partial charge on any atom is -0.339 e. The number of nitrogens with zero attached hydrogens (tertiary/aromatic N) is 1. The van der Waals surface area contributed by atoms with Gasteiger partial charge in [-0.05, 0) is 19.3 Å². The third-order valence-corrected chi connectivity index (χ3v) is 3.06. The maximum absolute atomic E-state index is 11.8. The third-order valence-electron chi connectivity index (χ3n) is 3.06. The third kappa shape index (κ3) is 3.67. The van der Waals surface area contributed by atoms with Crippen molar-refractivity contribution in [3.05, 3.63) is 11.6 Å². The molecular formula is C12H22N2O. The first-order valence-electron chi connectivity index (χ1n) is 5.69. The first-order valence-corrected chi connectivity index (χ1v) is 5.69. The molecule has 86 valence electrons. The average Bonchev–Trinajstić information content (AvgIpc) is 2.18. The summed E-state index contributed by atoms with van der Waals surface area (Å²) in [7, 11) is 0. The molecule has 0 fully saturated rings. The van der Waals surface area contributed by atoms with E-state index in [0.29, 0.717) is 12.3 Å². The van der Waals surface area contributed by atoms with Crippen LogP contribution in [0.2, 0.25) is 0 Å². The van der Waals surface area contributed by atoms with E-state index in [1.807, 2.05) is 4.90 Å². The first kappa shape index (κ1) is 12.2. The molecule has 0 aliphatic carbocycles. The van der Waals surface area contributed by atoms with Crippen LogP contribution < -0.4 is 5.73 Å². The Morgan fingerprint density at radius 1 is 1.60 bits per heavy atom. The molecule has 0 radical (unpaired) electrons. The number of amides is 1. The molecule has 1 unspecified atom stereocenters. The smallest absolute Gasteiger partial charge is 0.224 e. The Hall–Kier alpha value is -0.830. The van der Waals surface area contributed by atoms with E-state index in [2.05, 4.69) is 26.8 Å². The van der Waals surface area contributed by atoms with Gasteiger partial charge in [0.05, 0.1) is 0 Å². The fourth-order valence-corrected chi connectivity index (χ4v) is 1.56. The van der Waals surface area contributed by atoms with Gasteiger partial charge in [-0.1, -0.05) is 25.5 Å². The van der Waals surface area contributed by atoms with Crippen LogP contribution >= 0.6 is 0 Å². The van der Waals surface area contributed by atoms with Crippen molar-refractivity contribution in [2.24, 2.45) is 11.7 Å². The van der Waals surface area contributed by atoms with Gasteiger partial charge in [-0.2, -0.15) is 0 Å². The van der Waals surface area contributed by atoms with Gasteiger partial charge >= 0.3 is 0 Å². The quantitative estimate of drug-likeness (QED) is 0.718. The van der Waals surface area contributed by atoms with Crippen molar-refractivity contribution in [2.45, 2.75) is 39.7 Å². The Labute approximate surface area is 92.3 Å². The summed E-state index contributed by atoms with van der Waals surface area (Å²) in [6.07, 6.45) is 3.61. The second kappa shape index (κ2) is 5.31. The van der Waals surface area contributed by atoms with Gasteiger partial charge in [-0.3, -0.25) is 4.79 Å². The summed E-state index contributed by atoms with van der Waals surface area (Å²) in [5.41, 5.74) is 7.27. The van der Waals surface area contributed by atoms with E-state index in [0.717, 1.165) is 19.5 Å². The molecule has 0 bridgehead atoms. The summed E-state index contributed by atoms with van der Waals surface area (Å²) >= 11 is 0. The molecule has 1 aliphatic rings. The number of nitrogens with two attached hydrogens (primary N) is 1. The highest BCUT2D eigenvalue weighted by Crippen LogP contribution is 2.12. The number of carbonyl (C=O) groups is 1. The van der Waals surface area contributed by atoms with Crippen molar-refractivity contribution < 1.29 is 4.79 Å². The molecule has 0 aromatic heterocycles. The maximum atomic E-state index is 11.8. The highest BCUT2D eigenvalue weighted by molar-refractivity contribution is 5.77. The molecule has 0 aromatic rings. The molecule has 0 spiro atoms. The zero-order chi connectivity index (χ0) is 11.4. The van der Waals surface area contributed by atoms with Crippen LogP contribution in [0.4, 0.5) is 0 Å². The summed E-state index contributed by atoms with van der Waals surface area (Å²) in [6.45, 7) is 7.83. The Morgan fingerprint density at radius 3 is 2.73 bits per heavy atom. The second-order valence-corrected chi connectivity index (χ2v) is 4.75. The molecular weight excluding hydrogens is 188 g/mol. The standard InChI is InChI=1S/C12H22N2O/c1-9(2)11(13)8-12(15)14-6-4-10(3)5-7-14/h4,9,11H,5-8,13H2,1-3H3. The van der Waals surface area contributed by atoms with Crippen molar-refractivity contribution in [3.63, 3.8) is 0 Å². The molecule has 1 atom stereocenters. The van der Waals surface area contributed by atoms with E-state index in [9.17, 15) is 4.79 Å². The van der Waals surface area contributed by atoms with Crippen LogP contribution in [0.5, 0.6) is 0 Å². The van der Waals surface area contributed by atoms with Crippen LogP contribution in [-0.2, 0) is 4.79 Å². The van der Waals surface area contributed by atoms with Gasteiger partial charge in [0.2, 0.25) is 5.91 Å². The van der Waals surface area contributed by atoms with Crippen molar-refractivity contribution in [1.82, 2.24) is 4.90 Å². The van der Waals surface area contributed by atoms with Gasteiger partial charge in [-0.15, -0.1) is 0 Å². The molecule has 2 N–H and O–H groups in total. The van der Waals surface area contributed by atoms with E-state index >= 15 is 0 Å². The highest BCUT2D eigenvalue weighted by Gasteiger charge is 2.19. The summed E-state index contributed by atoms with van der Waals surface area (Å²) in [4.78, 5) is 13.7. The Bertz CT molecular complexity index is 258. The van der Waals surface area contributed by atoms with Crippen LogP contribution in [0.3, 0.4) is 0 Å². The second-order valence-electron chi connectivity index (χ2n) is 4.75. The number of hydrogen-bond acceptors (Lipinski definition) is 2. The lowest BCUT2D eigenvalue weighted by Crippen LogP contribution is -2.39. The number of carbonyl (C=O) groups excluding carboxylic acids is 1. The lowest BCUT2D eigenvalue weighted by atomic mass is 10.0. The summed E-state index contributed by atoms with van der Waals surface area (Å²) in [5, 5.41) is 0. The molecule has 0 aromatic carbocycles. The largest absolute Gasteiger partial charge is 0.339 e. The molecule has 1 aliphatic heterocycles. The molecule has 1 rings (SSSR count). The van der Waals surface area contributed by atoms with Gasteiger partial charge in [0, 0.05) is 25.6 Å². The van der Waals surface area contributed by atoms with Gasteiger partial charge in [0.15, 0.2) is 0 Å². The Balaban J connectivity index is 2.41. The molecule has 1 heterocycles. The maximum Gasteiger partial charge on any atom is 0.224 e. The zero-order valence-corrected chi connectivity index (χ0v) is 9.99. The monoisotopic (exact) mass is 210 g/mol. The first-order chi connectivity index (χ1) is 7.00. The van der Waals surface area contributed by atoms with Crippen LogP contribution in [0, 0.1) is 5.92 Å². The topological polar surface area (TPSA) is 46.3 Å². The summed E-state index contributed by atoms with van der Waals surface area (Å²) in [6, 6.07) is -0.00972.